The zero-order valence-electron chi connectivity index (χ0n) is 11.6. The van der Waals surface area contributed by atoms with Gasteiger partial charge in [-0.1, -0.05) is 42.6 Å². The predicted octanol–water partition coefficient (Wildman–Crippen LogP) is 6.30. The van der Waals surface area contributed by atoms with E-state index in [1.807, 2.05) is 0 Å². The summed E-state index contributed by atoms with van der Waals surface area (Å²) in [6, 6.07) is 2.46. The van der Waals surface area contributed by atoms with E-state index < -0.39 is 11.7 Å². The van der Waals surface area contributed by atoms with Gasteiger partial charge < -0.3 is 0 Å². The lowest BCUT2D eigenvalue weighted by atomic mass is 10.1. The van der Waals surface area contributed by atoms with E-state index in [0.717, 1.165) is 6.07 Å². The van der Waals surface area contributed by atoms with Gasteiger partial charge in [-0.25, -0.2) is 0 Å². The van der Waals surface area contributed by atoms with Crippen LogP contribution >= 0.6 is 15.9 Å². The van der Waals surface area contributed by atoms with E-state index in [1.54, 1.807) is 20.1 Å². The van der Waals surface area contributed by atoms with Gasteiger partial charge in [0.2, 0.25) is 0 Å². The van der Waals surface area contributed by atoms with Gasteiger partial charge in [-0.15, -0.1) is 0 Å². The van der Waals surface area contributed by atoms with E-state index in [0.29, 0.717) is 11.3 Å². The van der Waals surface area contributed by atoms with Gasteiger partial charge in [0.1, 0.15) is 0 Å². The van der Waals surface area contributed by atoms with Crippen molar-refractivity contribution in [2.75, 3.05) is 0 Å². The summed E-state index contributed by atoms with van der Waals surface area (Å²) in [5, 5.41) is 0. The maximum Gasteiger partial charge on any atom is 0.417 e. The summed E-state index contributed by atoms with van der Waals surface area (Å²) in [5.74, 6) is 0. The fourth-order valence-electron chi connectivity index (χ4n) is 1.17. The molecule has 1 aromatic carbocycles. The Hall–Kier alpha value is -0.840. The highest BCUT2D eigenvalue weighted by molar-refractivity contribution is 9.10. The zero-order valence-corrected chi connectivity index (χ0v) is 13.2. The molecule has 1 nitrogen and oxygen atoms in total. The molecule has 0 aromatic heterocycles. The molecule has 0 atom stereocenters. The molecule has 0 fully saturated rings. The number of aliphatic imine (C=N–C) groups is 1. The van der Waals surface area contributed by atoms with Crippen molar-refractivity contribution in [3.8, 4) is 0 Å². The summed E-state index contributed by atoms with van der Waals surface area (Å²) < 4.78 is 37.4. The number of nitrogens with zero attached hydrogens (tertiary/aromatic N) is 1. The van der Waals surface area contributed by atoms with Gasteiger partial charge in [-0.2, -0.15) is 13.2 Å². The van der Waals surface area contributed by atoms with Crippen LogP contribution in [-0.2, 0) is 6.18 Å². The van der Waals surface area contributed by atoms with Crippen molar-refractivity contribution in [2.24, 2.45) is 4.99 Å². The third-order valence-corrected chi connectivity index (χ3v) is 3.02. The molecule has 0 saturated carbocycles. The first-order valence-electron chi connectivity index (χ1n) is 6.13. The van der Waals surface area contributed by atoms with Gasteiger partial charge in [-0.3, -0.25) is 4.99 Å². The molecule has 0 bridgehead atoms. The summed E-state index contributed by atoms with van der Waals surface area (Å²) >= 11 is 2.89. The van der Waals surface area contributed by atoms with Crippen molar-refractivity contribution in [2.45, 2.75) is 46.7 Å². The summed E-state index contributed by atoms with van der Waals surface area (Å²) in [4.78, 5) is 3.97. The topological polar surface area (TPSA) is 12.4 Å². The number of unbranched alkanes of at least 4 members (excludes halogenated alkanes) is 1. The predicted molar refractivity (Wildman–Crippen MR) is 78.3 cm³/mol. The highest BCUT2D eigenvalue weighted by Gasteiger charge is 2.33. The van der Waals surface area contributed by atoms with Crippen LogP contribution < -0.4 is 0 Å². The van der Waals surface area contributed by atoms with Crippen LogP contribution in [0.5, 0.6) is 0 Å². The van der Waals surface area contributed by atoms with Gasteiger partial charge in [0.25, 0.3) is 0 Å². The smallest absolute Gasteiger partial charge is 0.261 e. The number of benzene rings is 1. The van der Waals surface area contributed by atoms with Crippen LogP contribution in [-0.4, -0.2) is 6.21 Å². The molecule has 1 aromatic rings. The Morgan fingerprint density at radius 3 is 2.11 bits per heavy atom. The number of alkyl halides is 3. The molecule has 0 spiro atoms. The first-order valence-corrected chi connectivity index (χ1v) is 6.93. The Morgan fingerprint density at radius 2 is 1.74 bits per heavy atom. The number of halogens is 4. The lowest BCUT2D eigenvalue weighted by Gasteiger charge is -2.11. The van der Waals surface area contributed by atoms with Crippen molar-refractivity contribution < 1.29 is 13.2 Å². The van der Waals surface area contributed by atoms with E-state index in [-0.39, 0.29) is 4.47 Å². The Labute approximate surface area is 121 Å². The second-order valence-corrected chi connectivity index (χ2v) is 4.86. The minimum Gasteiger partial charge on any atom is -0.261 e. The largest absolute Gasteiger partial charge is 0.417 e. The lowest BCUT2D eigenvalue weighted by molar-refractivity contribution is -0.138. The minimum atomic E-state index is -4.34. The van der Waals surface area contributed by atoms with E-state index >= 15 is 0 Å². The van der Waals surface area contributed by atoms with E-state index in [2.05, 4.69) is 34.8 Å². The third-order valence-electron chi connectivity index (χ3n) is 2.36. The number of hydrogen-bond acceptors (Lipinski definition) is 1. The van der Waals surface area contributed by atoms with E-state index in [4.69, 9.17) is 0 Å². The highest BCUT2D eigenvalue weighted by Crippen LogP contribution is 2.38. The molecule has 0 heterocycles. The molecule has 0 aliphatic heterocycles. The van der Waals surface area contributed by atoms with Gasteiger partial charge in [0, 0.05) is 10.7 Å². The Kier molecular flexibility index (Phi) is 7.99. The monoisotopic (exact) mass is 337 g/mol. The van der Waals surface area contributed by atoms with E-state index in [9.17, 15) is 13.2 Å². The van der Waals surface area contributed by atoms with Crippen LogP contribution in [0.25, 0.3) is 0 Å². The molecule has 0 saturated heterocycles. The molecule has 0 aliphatic rings. The molecule has 1 rings (SSSR count). The maximum absolute atomic E-state index is 12.5. The van der Waals surface area contributed by atoms with Crippen molar-refractivity contribution in [3.63, 3.8) is 0 Å². The quantitative estimate of drug-likeness (QED) is 0.561. The minimum absolute atomic E-state index is 0.0150. The molecule has 0 unspecified atom stereocenters. The SMILES string of the molecule is CC=Nc1cc(Br)c(C(F)(F)F)cc1C.CCCC. The Bertz CT molecular complexity index is 423. The second kappa shape index (κ2) is 8.35. The van der Waals surface area contributed by atoms with Gasteiger partial charge in [0.05, 0.1) is 11.3 Å². The van der Waals surface area contributed by atoms with Crippen molar-refractivity contribution >= 4 is 27.8 Å². The third kappa shape index (κ3) is 6.23. The summed E-state index contributed by atoms with van der Waals surface area (Å²) in [5.41, 5.74) is 0.371. The fraction of sp³-hybridized carbons (Fsp3) is 0.500. The first-order chi connectivity index (χ1) is 8.77. The molecule has 0 N–H and O–H groups in total. The van der Waals surface area contributed by atoms with Crippen LogP contribution in [0.4, 0.5) is 18.9 Å². The second-order valence-electron chi connectivity index (χ2n) is 4.00. The van der Waals surface area contributed by atoms with Crippen LogP contribution in [0.3, 0.4) is 0 Å². The number of aryl methyl sites for hydroxylation is 1. The lowest BCUT2D eigenvalue weighted by Crippen LogP contribution is -2.06. The van der Waals surface area contributed by atoms with Gasteiger partial charge in [0.15, 0.2) is 0 Å². The molecule has 19 heavy (non-hydrogen) atoms. The van der Waals surface area contributed by atoms with Crippen LogP contribution in [0.2, 0.25) is 0 Å². The maximum atomic E-state index is 12.5. The first kappa shape index (κ1) is 18.2. The normalized spacial score (nSPS) is 11.4. The molecular formula is C14H19BrF3N. The summed E-state index contributed by atoms with van der Waals surface area (Å²) in [6.07, 6.45) is -0.153. The fourth-order valence-corrected chi connectivity index (χ4v) is 1.72. The number of hydrogen-bond donors (Lipinski definition) is 0. The highest BCUT2D eigenvalue weighted by atomic mass is 79.9. The van der Waals surface area contributed by atoms with Crippen LogP contribution in [0, 0.1) is 6.92 Å². The van der Waals surface area contributed by atoms with Gasteiger partial charge in [-0.05, 0) is 31.5 Å². The summed E-state index contributed by atoms with van der Waals surface area (Å²) in [6.45, 7) is 7.68. The average Bonchev–Trinajstić information content (AvgIpc) is 2.32. The molecule has 0 radical (unpaired) electrons. The summed E-state index contributed by atoms with van der Waals surface area (Å²) in [7, 11) is 0. The average molecular weight is 338 g/mol. The molecule has 0 amide bonds. The Morgan fingerprint density at radius 1 is 1.21 bits per heavy atom. The van der Waals surface area contributed by atoms with Crippen molar-refractivity contribution in [1.82, 2.24) is 0 Å². The van der Waals surface area contributed by atoms with Crippen LogP contribution in [0.15, 0.2) is 21.6 Å². The van der Waals surface area contributed by atoms with Gasteiger partial charge >= 0.3 is 6.18 Å². The Balaban J connectivity index is 0.000000711. The zero-order chi connectivity index (χ0) is 15.1. The molecular weight excluding hydrogens is 319 g/mol. The standard InChI is InChI=1S/C10H9BrF3N.C4H10/c1-3-15-9-5-8(11)7(4-6(9)2)10(12,13)14;1-3-4-2/h3-5H,1-2H3;3-4H2,1-2H3. The van der Waals surface area contributed by atoms with Crippen molar-refractivity contribution in [1.29, 1.82) is 0 Å². The molecule has 5 heteroatoms. The molecule has 0 aliphatic carbocycles. The molecule has 108 valence electrons. The number of rotatable bonds is 2. The van der Waals surface area contributed by atoms with E-state index in [1.165, 1.54) is 18.9 Å². The van der Waals surface area contributed by atoms with Crippen molar-refractivity contribution in [3.05, 3.63) is 27.7 Å². The van der Waals surface area contributed by atoms with Crippen LogP contribution in [0.1, 0.15) is 44.7 Å².